The molecule has 0 radical (unpaired) electrons. The number of carbonyl (C=O) groups is 2. The van der Waals surface area contributed by atoms with Gasteiger partial charge in [0, 0.05) is 18.5 Å². The van der Waals surface area contributed by atoms with Gasteiger partial charge in [-0.2, -0.15) is 0 Å². The Kier molecular flexibility index (Phi) is 4.09. The van der Waals surface area contributed by atoms with Gasteiger partial charge in [0.05, 0.1) is 6.04 Å². The standard InChI is InChI=1S/C18H19NO3/c1-2-17(20)15-10-8-13-9-11-16(15)19(12-13)18(21)22-14-6-4-3-5-7-14/h3-7,9-11,13,16H,2,8,12H2,1H3/t13-,16-/m1/s1. The first kappa shape index (κ1) is 14.6. The molecule has 4 nitrogen and oxygen atoms in total. The van der Waals surface area contributed by atoms with Crippen molar-refractivity contribution in [1.82, 2.24) is 4.90 Å². The zero-order valence-electron chi connectivity index (χ0n) is 12.6. The molecule has 0 unspecified atom stereocenters. The van der Waals surface area contributed by atoms with Gasteiger partial charge in [-0.15, -0.1) is 0 Å². The molecular weight excluding hydrogens is 278 g/mol. The number of allylic oxidation sites excluding steroid dienone is 1. The van der Waals surface area contributed by atoms with Gasteiger partial charge in [-0.05, 0) is 24.5 Å². The van der Waals surface area contributed by atoms with Crippen LogP contribution in [0.4, 0.5) is 4.79 Å². The molecular formula is C18H19NO3. The van der Waals surface area contributed by atoms with E-state index in [1.807, 2.05) is 37.3 Å². The van der Waals surface area contributed by atoms with Crippen LogP contribution < -0.4 is 4.74 Å². The molecule has 0 fully saturated rings. The van der Waals surface area contributed by atoms with Gasteiger partial charge in [0.15, 0.2) is 5.78 Å². The maximum Gasteiger partial charge on any atom is 0.416 e. The monoisotopic (exact) mass is 297 g/mol. The minimum Gasteiger partial charge on any atom is -0.410 e. The first-order chi connectivity index (χ1) is 10.7. The third-order valence-electron chi connectivity index (χ3n) is 4.12. The average Bonchev–Trinajstić information content (AvgIpc) is 2.87. The van der Waals surface area contributed by atoms with E-state index < -0.39 is 6.09 Å². The lowest BCUT2D eigenvalue weighted by molar-refractivity contribution is -0.115. The van der Waals surface area contributed by atoms with E-state index in [0.29, 0.717) is 24.3 Å². The number of benzene rings is 1. The lowest BCUT2D eigenvalue weighted by Gasteiger charge is -2.33. The number of hydrogen-bond acceptors (Lipinski definition) is 3. The van der Waals surface area contributed by atoms with Gasteiger partial charge in [-0.3, -0.25) is 9.69 Å². The summed E-state index contributed by atoms with van der Waals surface area (Å²) in [7, 11) is 0. The van der Waals surface area contributed by atoms with Crippen molar-refractivity contribution >= 4 is 11.9 Å². The smallest absolute Gasteiger partial charge is 0.410 e. The summed E-state index contributed by atoms with van der Waals surface area (Å²) in [6, 6.07) is 8.71. The highest BCUT2D eigenvalue weighted by Crippen LogP contribution is 2.30. The Hall–Kier alpha value is -2.36. The molecule has 1 aromatic carbocycles. The summed E-state index contributed by atoms with van der Waals surface area (Å²) < 4.78 is 5.44. The highest BCUT2D eigenvalue weighted by molar-refractivity contribution is 5.97. The SMILES string of the molecule is CCC(=O)C1=CC[C@@H]2C=C[C@H]1N(C(=O)Oc1ccccc1)C2. The number of fused-ring (bicyclic) bond motifs is 2. The van der Waals surface area contributed by atoms with Crippen molar-refractivity contribution in [2.24, 2.45) is 5.92 Å². The molecule has 2 heterocycles. The predicted molar refractivity (Wildman–Crippen MR) is 83.6 cm³/mol. The molecule has 0 aromatic heterocycles. The van der Waals surface area contributed by atoms with Gasteiger partial charge >= 0.3 is 6.09 Å². The Morgan fingerprint density at radius 2 is 2.00 bits per heavy atom. The molecule has 4 rings (SSSR count). The lowest BCUT2D eigenvalue weighted by atomic mass is 9.98. The maximum absolute atomic E-state index is 12.5. The fourth-order valence-electron chi connectivity index (χ4n) is 2.94. The van der Waals surface area contributed by atoms with Gasteiger partial charge in [-0.1, -0.05) is 43.4 Å². The van der Waals surface area contributed by atoms with E-state index in [1.54, 1.807) is 17.0 Å². The largest absolute Gasteiger partial charge is 0.416 e. The Morgan fingerprint density at radius 1 is 1.23 bits per heavy atom. The third kappa shape index (κ3) is 2.82. The summed E-state index contributed by atoms with van der Waals surface area (Å²) in [6.07, 6.45) is 6.88. The molecule has 0 saturated carbocycles. The van der Waals surface area contributed by atoms with Gasteiger partial charge in [-0.25, -0.2) is 4.79 Å². The van der Waals surface area contributed by atoms with Crippen molar-refractivity contribution < 1.29 is 14.3 Å². The lowest BCUT2D eigenvalue weighted by Crippen LogP contribution is -2.46. The number of nitrogens with zero attached hydrogens (tertiary/aromatic N) is 1. The van der Waals surface area contributed by atoms with E-state index in [0.717, 1.165) is 6.42 Å². The quantitative estimate of drug-likeness (QED) is 0.804. The summed E-state index contributed by atoms with van der Waals surface area (Å²) >= 11 is 0. The molecule has 0 N–H and O–H groups in total. The number of ether oxygens (including phenoxy) is 1. The van der Waals surface area contributed by atoms with Gasteiger partial charge in [0.25, 0.3) is 0 Å². The van der Waals surface area contributed by atoms with Crippen LogP contribution in [0, 0.1) is 5.92 Å². The van der Waals surface area contributed by atoms with E-state index in [-0.39, 0.29) is 17.7 Å². The number of rotatable bonds is 3. The minimum absolute atomic E-state index is 0.0923. The van der Waals surface area contributed by atoms with E-state index in [1.165, 1.54) is 0 Å². The van der Waals surface area contributed by atoms with Crippen molar-refractivity contribution in [2.75, 3.05) is 6.54 Å². The molecule has 1 aromatic rings. The molecule has 1 amide bonds. The van der Waals surface area contributed by atoms with Gasteiger partial charge < -0.3 is 4.74 Å². The first-order valence-electron chi connectivity index (χ1n) is 7.64. The predicted octanol–water partition coefficient (Wildman–Crippen LogP) is 3.35. The molecule has 22 heavy (non-hydrogen) atoms. The van der Waals surface area contributed by atoms with Crippen molar-refractivity contribution in [3.05, 3.63) is 54.1 Å². The topological polar surface area (TPSA) is 46.6 Å². The second kappa shape index (κ2) is 6.18. The van der Waals surface area contributed by atoms with Crippen LogP contribution in [0.15, 0.2) is 54.1 Å². The Bertz CT molecular complexity index is 633. The molecule has 0 saturated heterocycles. The van der Waals surface area contributed by atoms with Crippen molar-refractivity contribution in [2.45, 2.75) is 25.8 Å². The fraction of sp³-hybridized carbons (Fsp3) is 0.333. The van der Waals surface area contributed by atoms with Crippen LogP contribution in [0.2, 0.25) is 0 Å². The van der Waals surface area contributed by atoms with E-state index in [9.17, 15) is 9.59 Å². The van der Waals surface area contributed by atoms with Crippen LogP contribution in [0.25, 0.3) is 0 Å². The Balaban J connectivity index is 1.82. The molecule has 3 aliphatic rings. The second-order valence-electron chi connectivity index (χ2n) is 5.60. The molecule has 2 aliphatic heterocycles. The summed E-state index contributed by atoms with van der Waals surface area (Å²) in [4.78, 5) is 26.3. The van der Waals surface area contributed by atoms with Crippen molar-refractivity contribution in [1.29, 1.82) is 0 Å². The number of amides is 1. The first-order valence-corrected chi connectivity index (χ1v) is 7.64. The molecule has 2 atom stereocenters. The highest BCUT2D eigenvalue weighted by atomic mass is 16.6. The van der Waals surface area contributed by atoms with Crippen molar-refractivity contribution in [3.63, 3.8) is 0 Å². The average molecular weight is 297 g/mol. The van der Waals surface area contributed by atoms with Crippen LogP contribution in [-0.2, 0) is 4.79 Å². The molecule has 114 valence electrons. The number of Topliss-reactive ketones (excluding diaryl/α,β-unsaturated/α-hetero) is 1. The second-order valence-corrected chi connectivity index (χ2v) is 5.60. The molecule has 1 aliphatic carbocycles. The highest BCUT2D eigenvalue weighted by Gasteiger charge is 2.35. The Labute approximate surface area is 130 Å². The summed E-state index contributed by atoms with van der Waals surface area (Å²) in [5, 5.41) is 0. The number of para-hydroxylation sites is 1. The zero-order valence-corrected chi connectivity index (χ0v) is 12.6. The van der Waals surface area contributed by atoms with E-state index >= 15 is 0 Å². The molecule has 2 bridgehead atoms. The van der Waals surface area contributed by atoms with Crippen molar-refractivity contribution in [3.8, 4) is 5.75 Å². The number of ketones is 1. The summed E-state index contributed by atoms with van der Waals surface area (Å²) in [6.45, 7) is 2.43. The third-order valence-corrected chi connectivity index (χ3v) is 4.12. The van der Waals surface area contributed by atoms with Gasteiger partial charge in [0.1, 0.15) is 5.75 Å². The minimum atomic E-state index is -0.401. The number of hydrogen-bond donors (Lipinski definition) is 0. The molecule has 0 spiro atoms. The summed E-state index contributed by atoms with van der Waals surface area (Å²) in [5.74, 6) is 0.861. The maximum atomic E-state index is 12.5. The molecule has 4 heteroatoms. The normalized spacial score (nSPS) is 23.0. The fourth-order valence-corrected chi connectivity index (χ4v) is 2.94. The van der Waals surface area contributed by atoms with Crippen LogP contribution in [0.3, 0.4) is 0 Å². The van der Waals surface area contributed by atoms with Crippen LogP contribution in [-0.4, -0.2) is 29.4 Å². The Morgan fingerprint density at radius 3 is 2.73 bits per heavy atom. The van der Waals surface area contributed by atoms with Crippen LogP contribution in [0.5, 0.6) is 5.75 Å². The van der Waals surface area contributed by atoms with Crippen LogP contribution in [0.1, 0.15) is 19.8 Å². The van der Waals surface area contributed by atoms with Crippen LogP contribution >= 0.6 is 0 Å². The zero-order chi connectivity index (χ0) is 15.5. The van der Waals surface area contributed by atoms with Gasteiger partial charge in [0.2, 0.25) is 0 Å². The number of carbonyl (C=O) groups excluding carboxylic acids is 2. The van der Waals surface area contributed by atoms with E-state index in [4.69, 9.17) is 4.74 Å². The summed E-state index contributed by atoms with van der Waals surface area (Å²) in [5.41, 5.74) is 0.712. The van der Waals surface area contributed by atoms with E-state index in [2.05, 4.69) is 6.08 Å².